The minimum atomic E-state index is -0.727. The van der Waals surface area contributed by atoms with E-state index in [-0.39, 0.29) is 17.1 Å². The number of benzene rings is 2. The number of nitro groups is 1. The lowest BCUT2D eigenvalue weighted by Gasteiger charge is -2.24. The summed E-state index contributed by atoms with van der Waals surface area (Å²) in [6, 6.07) is 18.1. The normalized spacial score (nSPS) is 15.4. The number of aryl methyl sites for hydroxylation is 1. The van der Waals surface area contributed by atoms with Crippen LogP contribution in [0.3, 0.4) is 0 Å². The topological polar surface area (TPSA) is 120 Å². The van der Waals surface area contributed by atoms with E-state index in [2.05, 4.69) is 11.2 Å². The van der Waals surface area contributed by atoms with Crippen molar-refractivity contribution in [2.45, 2.75) is 19.4 Å². The molecule has 0 aliphatic carbocycles. The number of hydrogen-bond acceptors (Lipinski definition) is 6. The molecule has 8 heteroatoms. The van der Waals surface area contributed by atoms with Crippen LogP contribution < -0.4 is 10.5 Å². The fraction of sp³-hybridized carbons (Fsp3) is 0.143. The molecule has 4 rings (SSSR count). The summed E-state index contributed by atoms with van der Waals surface area (Å²) >= 11 is 0. The average molecular weight is 387 g/mol. The summed E-state index contributed by atoms with van der Waals surface area (Å²) in [6.45, 7) is 2.23. The number of para-hydroxylation sites is 1. The summed E-state index contributed by atoms with van der Waals surface area (Å²) in [4.78, 5) is 11.1. The second-order valence-corrected chi connectivity index (χ2v) is 6.69. The van der Waals surface area contributed by atoms with E-state index < -0.39 is 10.8 Å². The molecule has 8 nitrogen and oxygen atoms in total. The van der Waals surface area contributed by atoms with Gasteiger partial charge < -0.3 is 10.5 Å². The Bertz CT molecular complexity index is 1170. The van der Waals surface area contributed by atoms with Crippen LogP contribution in [0.15, 0.2) is 66.1 Å². The van der Waals surface area contributed by atoms with Gasteiger partial charge in [-0.1, -0.05) is 48.5 Å². The van der Waals surface area contributed by atoms with E-state index in [4.69, 9.17) is 10.5 Å². The Balaban J connectivity index is 1.91. The molecule has 0 saturated carbocycles. The Kier molecular flexibility index (Phi) is 4.49. The molecule has 0 radical (unpaired) electrons. The number of nitriles is 1. The third-order valence-corrected chi connectivity index (χ3v) is 4.91. The number of allylic oxidation sites excluding steroid dienone is 1. The summed E-state index contributed by atoms with van der Waals surface area (Å²) in [7, 11) is 0. The van der Waals surface area contributed by atoms with Gasteiger partial charge in [-0.3, -0.25) is 10.1 Å². The van der Waals surface area contributed by atoms with Crippen molar-refractivity contribution < 1.29 is 9.66 Å². The van der Waals surface area contributed by atoms with Crippen LogP contribution in [0.5, 0.6) is 5.88 Å². The molecular formula is C21H17N5O3. The summed E-state index contributed by atoms with van der Waals surface area (Å²) in [5.74, 6) is -0.404. The maximum absolute atomic E-state index is 11.6. The zero-order valence-corrected chi connectivity index (χ0v) is 15.6. The maximum atomic E-state index is 11.6. The van der Waals surface area contributed by atoms with Crippen LogP contribution >= 0.6 is 0 Å². The van der Waals surface area contributed by atoms with Gasteiger partial charge in [0.05, 0.1) is 28.6 Å². The van der Waals surface area contributed by atoms with E-state index >= 15 is 0 Å². The Labute approximate surface area is 166 Å². The van der Waals surface area contributed by atoms with Crippen molar-refractivity contribution in [3.63, 3.8) is 0 Å². The molecule has 0 amide bonds. The number of nitrogens with two attached hydrogens (primary N) is 1. The highest BCUT2D eigenvalue weighted by Gasteiger charge is 2.38. The molecule has 0 saturated heterocycles. The molecule has 2 N–H and O–H groups in total. The molecule has 0 fully saturated rings. The standard InChI is InChI=1S/C21H17N5O3/c1-13-18-19(15-9-5-6-10-17(15)26(27)28)16(11-22)20(23)29-21(18)25(24-13)12-14-7-3-2-4-8-14/h2-10,19H,12,23H2,1H3/t19-/m0/s1. The van der Waals surface area contributed by atoms with Gasteiger partial charge in [0, 0.05) is 11.6 Å². The third kappa shape index (κ3) is 3.08. The second-order valence-electron chi connectivity index (χ2n) is 6.69. The first-order chi connectivity index (χ1) is 14.0. The number of aromatic nitrogens is 2. The quantitative estimate of drug-likeness (QED) is 0.541. The first kappa shape index (κ1) is 18.3. The van der Waals surface area contributed by atoms with Gasteiger partial charge in [0.2, 0.25) is 11.8 Å². The van der Waals surface area contributed by atoms with Gasteiger partial charge in [0.25, 0.3) is 5.69 Å². The lowest BCUT2D eigenvalue weighted by atomic mass is 9.83. The molecular weight excluding hydrogens is 370 g/mol. The van der Waals surface area contributed by atoms with E-state index in [9.17, 15) is 15.4 Å². The molecule has 3 aromatic rings. The van der Waals surface area contributed by atoms with Gasteiger partial charge in [0.15, 0.2) is 0 Å². The van der Waals surface area contributed by atoms with Crippen molar-refractivity contribution in [2.24, 2.45) is 5.73 Å². The number of nitro benzene ring substituents is 1. The van der Waals surface area contributed by atoms with Crippen LogP contribution in [-0.4, -0.2) is 14.7 Å². The lowest BCUT2D eigenvalue weighted by molar-refractivity contribution is -0.385. The van der Waals surface area contributed by atoms with Gasteiger partial charge in [-0.2, -0.15) is 10.4 Å². The molecule has 144 valence electrons. The van der Waals surface area contributed by atoms with Crippen LogP contribution in [0.2, 0.25) is 0 Å². The molecule has 0 bridgehead atoms. The SMILES string of the molecule is Cc1nn(Cc2ccccc2)c2c1[C@@H](c1ccccc1[N+](=O)[O-])C(C#N)=C(N)O2. The lowest BCUT2D eigenvalue weighted by Crippen LogP contribution is -2.23. The van der Waals surface area contributed by atoms with E-state index in [0.717, 1.165) is 5.56 Å². The molecule has 2 heterocycles. The van der Waals surface area contributed by atoms with Crippen molar-refractivity contribution in [1.82, 2.24) is 9.78 Å². The van der Waals surface area contributed by atoms with Crippen LogP contribution in [0.25, 0.3) is 0 Å². The van der Waals surface area contributed by atoms with E-state index in [0.29, 0.717) is 29.2 Å². The highest BCUT2D eigenvalue weighted by atomic mass is 16.6. The van der Waals surface area contributed by atoms with Crippen LogP contribution in [0.1, 0.15) is 28.3 Å². The Morgan fingerprint density at radius 1 is 1.24 bits per heavy atom. The number of nitrogens with zero attached hydrogens (tertiary/aromatic N) is 4. The van der Waals surface area contributed by atoms with Gasteiger partial charge in [-0.25, -0.2) is 4.68 Å². The van der Waals surface area contributed by atoms with Crippen molar-refractivity contribution >= 4 is 5.69 Å². The van der Waals surface area contributed by atoms with Crippen molar-refractivity contribution in [3.05, 3.63) is 98.6 Å². The molecule has 1 aromatic heterocycles. The Hall–Kier alpha value is -4.12. The zero-order chi connectivity index (χ0) is 20.5. The summed E-state index contributed by atoms with van der Waals surface area (Å²) < 4.78 is 7.45. The van der Waals surface area contributed by atoms with Crippen molar-refractivity contribution in [2.75, 3.05) is 0 Å². The molecule has 1 aliphatic rings. The van der Waals surface area contributed by atoms with Gasteiger partial charge >= 0.3 is 0 Å². The smallest absolute Gasteiger partial charge is 0.273 e. The number of rotatable bonds is 4. The fourth-order valence-corrected chi connectivity index (χ4v) is 3.65. The summed E-state index contributed by atoms with van der Waals surface area (Å²) in [5, 5.41) is 25.9. The van der Waals surface area contributed by atoms with Gasteiger partial charge in [0.1, 0.15) is 11.6 Å². The molecule has 29 heavy (non-hydrogen) atoms. The van der Waals surface area contributed by atoms with Gasteiger partial charge in [-0.15, -0.1) is 0 Å². The summed E-state index contributed by atoms with van der Waals surface area (Å²) in [6.07, 6.45) is 0. The molecule has 1 aliphatic heterocycles. The van der Waals surface area contributed by atoms with Crippen molar-refractivity contribution in [1.29, 1.82) is 5.26 Å². The number of hydrogen-bond donors (Lipinski definition) is 1. The minimum Gasteiger partial charge on any atom is -0.422 e. The van der Waals surface area contributed by atoms with E-state index in [1.807, 2.05) is 30.3 Å². The van der Waals surface area contributed by atoms with E-state index in [1.54, 1.807) is 29.8 Å². The van der Waals surface area contributed by atoms with E-state index in [1.165, 1.54) is 6.07 Å². The highest BCUT2D eigenvalue weighted by molar-refractivity contribution is 5.60. The second kappa shape index (κ2) is 7.13. The predicted octanol–water partition coefficient (Wildman–Crippen LogP) is 3.37. The van der Waals surface area contributed by atoms with Crippen molar-refractivity contribution in [3.8, 4) is 11.9 Å². The predicted molar refractivity (Wildman–Crippen MR) is 105 cm³/mol. The maximum Gasteiger partial charge on any atom is 0.273 e. The molecule has 0 unspecified atom stereocenters. The molecule has 2 aromatic carbocycles. The first-order valence-corrected chi connectivity index (χ1v) is 8.93. The largest absolute Gasteiger partial charge is 0.422 e. The molecule has 0 spiro atoms. The van der Waals surface area contributed by atoms with Crippen LogP contribution in [0.4, 0.5) is 5.69 Å². The summed E-state index contributed by atoms with van der Waals surface area (Å²) in [5.41, 5.74) is 8.73. The fourth-order valence-electron chi connectivity index (χ4n) is 3.65. The monoisotopic (exact) mass is 387 g/mol. The van der Waals surface area contributed by atoms with Crippen LogP contribution in [0, 0.1) is 28.4 Å². The molecule has 1 atom stereocenters. The minimum absolute atomic E-state index is 0.0719. The first-order valence-electron chi connectivity index (χ1n) is 8.93. The Morgan fingerprint density at radius 2 is 1.93 bits per heavy atom. The Morgan fingerprint density at radius 3 is 2.62 bits per heavy atom. The third-order valence-electron chi connectivity index (χ3n) is 4.91. The van der Waals surface area contributed by atoms with Crippen LogP contribution in [-0.2, 0) is 6.54 Å². The highest BCUT2D eigenvalue weighted by Crippen LogP contribution is 2.46. The zero-order valence-electron chi connectivity index (χ0n) is 15.6. The average Bonchev–Trinajstić information content (AvgIpc) is 3.02. The number of ether oxygens (including phenoxy) is 1. The van der Waals surface area contributed by atoms with Gasteiger partial charge in [-0.05, 0) is 12.5 Å². The number of fused-ring (bicyclic) bond motifs is 1.